The zero-order chi connectivity index (χ0) is 29.5. The van der Waals surface area contributed by atoms with E-state index in [1.165, 1.54) is 65.2 Å². The van der Waals surface area contributed by atoms with Crippen molar-refractivity contribution in [3.05, 3.63) is 152 Å². The molecule has 1 aliphatic heterocycles. The minimum absolute atomic E-state index is 0.907. The Bertz CT molecular complexity index is 2670. The van der Waals surface area contributed by atoms with E-state index in [9.17, 15) is 0 Å². The normalized spacial score (nSPS) is 12.2. The Kier molecular flexibility index (Phi) is 5.03. The number of hydrogen-bond donors (Lipinski definition) is 0. The minimum Gasteiger partial charge on any atom is -0.456 e. The minimum atomic E-state index is 0.907. The molecular weight excluding hydrogens is 546 g/mol. The highest BCUT2D eigenvalue weighted by Crippen LogP contribution is 2.49. The van der Waals surface area contributed by atoms with Crippen LogP contribution in [0.3, 0.4) is 0 Å². The third kappa shape index (κ3) is 3.48. The molecule has 0 saturated heterocycles. The number of pyridine rings is 1. The van der Waals surface area contributed by atoms with Crippen LogP contribution in [0.4, 0.5) is 0 Å². The van der Waals surface area contributed by atoms with Crippen LogP contribution < -0.4 is 4.74 Å². The Morgan fingerprint density at radius 3 is 1.71 bits per heavy atom. The van der Waals surface area contributed by atoms with Crippen molar-refractivity contribution < 1.29 is 4.74 Å². The molecule has 0 fully saturated rings. The maximum Gasteiger partial charge on any atom is 0.135 e. The van der Waals surface area contributed by atoms with E-state index >= 15 is 0 Å². The van der Waals surface area contributed by atoms with Gasteiger partial charge in [0, 0.05) is 32.7 Å². The summed E-state index contributed by atoms with van der Waals surface area (Å²) in [5, 5.41) is 11.0. The van der Waals surface area contributed by atoms with Crippen molar-refractivity contribution in [3.63, 3.8) is 0 Å². The number of aromatic nitrogens is 1. The third-order valence-corrected chi connectivity index (χ3v) is 9.44. The molecule has 2 heteroatoms. The topological polar surface area (TPSA) is 22.1 Å². The van der Waals surface area contributed by atoms with Gasteiger partial charge in [0.15, 0.2) is 0 Å². The number of rotatable bonds is 2. The van der Waals surface area contributed by atoms with Gasteiger partial charge in [-0.2, -0.15) is 0 Å². The number of para-hydroxylation sites is 2. The molecule has 8 aromatic carbocycles. The van der Waals surface area contributed by atoms with Crippen LogP contribution in [0.2, 0.25) is 0 Å². The van der Waals surface area contributed by atoms with Crippen molar-refractivity contribution in [2.45, 2.75) is 0 Å². The summed E-state index contributed by atoms with van der Waals surface area (Å²) in [5.41, 5.74) is 7.84. The summed E-state index contributed by atoms with van der Waals surface area (Å²) in [6.07, 6.45) is 0. The van der Waals surface area contributed by atoms with Crippen molar-refractivity contribution >= 4 is 54.0 Å². The van der Waals surface area contributed by atoms with E-state index in [0.29, 0.717) is 0 Å². The molecule has 45 heavy (non-hydrogen) atoms. The fourth-order valence-corrected chi connectivity index (χ4v) is 7.47. The van der Waals surface area contributed by atoms with Crippen molar-refractivity contribution in [3.8, 4) is 45.0 Å². The molecule has 0 saturated carbocycles. The highest BCUT2D eigenvalue weighted by molar-refractivity contribution is 6.33. The highest BCUT2D eigenvalue weighted by Gasteiger charge is 2.22. The second kappa shape index (κ2) is 9.25. The van der Waals surface area contributed by atoms with Crippen LogP contribution in [-0.2, 0) is 0 Å². The fraction of sp³-hybridized carbons (Fsp3) is 0. The van der Waals surface area contributed by atoms with Crippen LogP contribution in [0, 0.1) is 0 Å². The van der Waals surface area contributed by atoms with Gasteiger partial charge < -0.3 is 4.74 Å². The van der Waals surface area contributed by atoms with E-state index in [1.54, 1.807) is 0 Å². The van der Waals surface area contributed by atoms with Crippen molar-refractivity contribution in [1.82, 2.24) is 4.98 Å². The zero-order valence-electron chi connectivity index (χ0n) is 24.3. The maximum absolute atomic E-state index is 6.35. The van der Waals surface area contributed by atoms with Gasteiger partial charge in [-0.1, -0.05) is 133 Å². The predicted molar refractivity (Wildman–Crippen MR) is 188 cm³/mol. The predicted octanol–water partition coefficient (Wildman–Crippen LogP) is 12.0. The van der Waals surface area contributed by atoms with Crippen molar-refractivity contribution in [2.75, 3.05) is 0 Å². The summed E-state index contributed by atoms with van der Waals surface area (Å²) in [4.78, 5) is 5.33. The molecule has 9 aromatic rings. The van der Waals surface area contributed by atoms with Gasteiger partial charge in [0.1, 0.15) is 11.5 Å². The molecule has 2 heterocycles. The molecule has 2 nitrogen and oxygen atoms in total. The van der Waals surface area contributed by atoms with E-state index in [-0.39, 0.29) is 0 Å². The van der Waals surface area contributed by atoms with Gasteiger partial charge in [-0.25, -0.2) is 4.98 Å². The molecule has 0 spiro atoms. The summed E-state index contributed by atoms with van der Waals surface area (Å²) in [6, 6.07) is 54.1. The van der Waals surface area contributed by atoms with Crippen molar-refractivity contribution in [2.24, 2.45) is 0 Å². The number of fused-ring (bicyclic) bond motifs is 10. The first kappa shape index (κ1) is 24.5. The van der Waals surface area contributed by atoms with Gasteiger partial charge in [-0.15, -0.1) is 0 Å². The molecule has 0 bridgehead atoms. The molecule has 0 aliphatic carbocycles. The lowest BCUT2D eigenvalue weighted by Crippen LogP contribution is -1.97. The summed E-state index contributed by atoms with van der Waals surface area (Å²) >= 11 is 0. The van der Waals surface area contributed by atoms with E-state index in [1.807, 2.05) is 12.1 Å². The molecule has 0 unspecified atom stereocenters. The molecule has 10 rings (SSSR count). The lowest BCUT2D eigenvalue weighted by atomic mass is 9.88. The molecular formula is C43H25NO. The monoisotopic (exact) mass is 571 g/mol. The number of benzene rings is 8. The van der Waals surface area contributed by atoms with Crippen LogP contribution in [0.15, 0.2) is 152 Å². The first-order valence-electron chi connectivity index (χ1n) is 15.4. The first-order valence-corrected chi connectivity index (χ1v) is 15.4. The van der Waals surface area contributed by atoms with Gasteiger partial charge >= 0.3 is 0 Å². The fourth-order valence-electron chi connectivity index (χ4n) is 7.47. The first-order chi connectivity index (χ1) is 22.3. The van der Waals surface area contributed by atoms with Crippen LogP contribution in [0.25, 0.3) is 87.5 Å². The second-order valence-electron chi connectivity index (χ2n) is 11.8. The standard InChI is InChI=1S/C43H25NO/c1-3-13-33-29(10-1)30-11-2-4-14-34(30)42-41(33)36-15-5-7-17-37(36)44-43(42)27-22-20-26(21-23-27)28-24-25-35-31-12-6-8-18-38(31)45-39-19-9-16-32(28)40(35)39/h1-25H. The largest absolute Gasteiger partial charge is 0.456 e. The summed E-state index contributed by atoms with van der Waals surface area (Å²) in [6.45, 7) is 0. The molecule has 208 valence electrons. The van der Waals surface area contributed by atoms with E-state index in [2.05, 4.69) is 140 Å². The van der Waals surface area contributed by atoms with Crippen LogP contribution in [0.5, 0.6) is 11.5 Å². The molecule has 0 atom stereocenters. The third-order valence-electron chi connectivity index (χ3n) is 9.44. The summed E-state index contributed by atoms with van der Waals surface area (Å²) < 4.78 is 6.35. The van der Waals surface area contributed by atoms with Gasteiger partial charge in [0.2, 0.25) is 0 Å². The maximum atomic E-state index is 6.35. The molecule has 0 amide bonds. The smallest absolute Gasteiger partial charge is 0.135 e. The van der Waals surface area contributed by atoms with Crippen molar-refractivity contribution in [1.29, 1.82) is 0 Å². The van der Waals surface area contributed by atoms with Gasteiger partial charge in [0.25, 0.3) is 0 Å². The lowest BCUT2D eigenvalue weighted by Gasteiger charge is -2.22. The van der Waals surface area contributed by atoms with Crippen LogP contribution >= 0.6 is 0 Å². The number of ether oxygens (including phenoxy) is 1. The Morgan fingerprint density at radius 2 is 0.911 bits per heavy atom. The molecule has 0 radical (unpaired) electrons. The Balaban J connectivity index is 1.21. The van der Waals surface area contributed by atoms with Crippen LogP contribution in [-0.4, -0.2) is 4.98 Å². The molecule has 1 aliphatic rings. The highest BCUT2D eigenvalue weighted by atomic mass is 16.5. The molecule has 0 N–H and O–H groups in total. The summed E-state index contributed by atoms with van der Waals surface area (Å²) in [5.74, 6) is 1.82. The lowest BCUT2D eigenvalue weighted by molar-refractivity contribution is 0.487. The zero-order valence-corrected chi connectivity index (χ0v) is 24.3. The molecule has 1 aromatic heterocycles. The van der Waals surface area contributed by atoms with Gasteiger partial charge in [-0.05, 0) is 61.8 Å². The number of hydrogen-bond acceptors (Lipinski definition) is 2. The van der Waals surface area contributed by atoms with E-state index in [4.69, 9.17) is 9.72 Å². The number of nitrogens with zero attached hydrogens (tertiary/aromatic N) is 1. The van der Waals surface area contributed by atoms with Crippen LogP contribution in [0.1, 0.15) is 0 Å². The quantitative estimate of drug-likeness (QED) is 0.193. The van der Waals surface area contributed by atoms with E-state index in [0.717, 1.165) is 33.8 Å². The average molecular weight is 572 g/mol. The van der Waals surface area contributed by atoms with E-state index < -0.39 is 0 Å². The Labute approximate surface area is 259 Å². The average Bonchev–Trinajstić information content (AvgIpc) is 3.11. The Hall–Kier alpha value is -5.99. The SMILES string of the molecule is c1ccc2c(c1)Oc1cccc3c(-c4ccc(-c5nc6ccccc6c6c7ccccc7c7ccccc7c56)cc4)ccc-2c13. The van der Waals surface area contributed by atoms with Gasteiger partial charge in [0.05, 0.1) is 11.2 Å². The Morgan fingerprint density at radius 1 is 0.333 bits per heavy atom. The van der Waals surface area contributed by atoms with Gasteiger partial charge in [-0.3, -0.25) is 0 Å². The summed E-state index contributed by atoms with van der Waals surface area (Å²) in [7, 11) is 0. The second-order valence-corrected chi connectivity index (χ2v) is 11.8.